The molecule has 1 amide bonds. The summed E-state index contributed by atoms with van der Waals surface area (Å²) < 4.78 is 5.08. The van der Waals surface area contributed by atoms with E-state index in [9.17, 15) is 4.79 Å². The number of amides is 1. The second-order valence-corrected chi connectivity index (χ2v) is 3.53. The van der Waals surface area contributed by atoms with Crippen molar-refractivity contribution in [1.82, 2.24) is 15.6 Å². The molecule has 2 aromatic rings. The Morgan fingerprint density at radius 2 is 2.50 bits per heavy atom. The van der Waals surface area contributed by atoms with Crippen molar-refractivity contribution in [3.05, 3.63) is 47.7 Å². The van der Waals surface area contributed by atoms with Crippen molar-refractivity contribution in [2.45, 2.75) is 6.92 Å². The minimum Gasteiger partial charge on any atom is -0.465 e. The second kappa shape index (κ2) is 5.62. The van der Waals surface area contributed by atoms with Gasteiger partial charge in [-0.1, -0.05) is 0 Å². The highest BCUT2D eigenvalue weighted by molar-refractivity contribution is 5.92. The Morgan fingerprint density at radius 1 is 1.61 bits per heavy atom. The molecule has 2 rings (SSSR count). The molecule has 2 aromatic heterocycles. The summed E-state index contributed by atoms with van der Waals surface area (Å²) in [6.45, 7) is 1.82. The first kappa shape index (κ1) is 11.8. The monoisotopic (exact) mass is 244 g/mol. The van der Waals surface area contributed by atoms with Crippen LogP contribution in [0.1, 0.15) is 21.9 Å². The molecule has 2 N–H and O–H groups in total. The molecule has 0 aromatic carbocycles. The average molecular weight is 244 g/mol. The first-order valence-corrected chi connectivity index (χ1v) is 5.31. The Bertz CT molecular complexity index is 567. The fourth-order valence-electron chi connectivity index (χ4n) is 1.25. The predicted molar refractivity (Wildman–Crippen MR) is 67.0 cm³/mol. The van der Waals surface area contributed by atoms with Crippen LogP contribution in [0.5, 0.6) is 0 Å². The zero-order valence-corrected chi connectivity index (χ0v) is 9.75. The highest BCUT2D eigenvalue weighted by Crippen LogP contribution is 2.01. The lowest BCUT2D eigenvalue weighted by Crippen LogP contribution is -2.17. The van der Waals surface area contributed by atoms with Crippen molar-refractivity contribution in [2.24, 2.45) is 5.10 Å². The number of hydrazone groups is 1. The summed E-state index contributed by atoms with van der Waals surface area (Å²) in [4.78, 5) is 11.5. The molecule has 0 saturated carbocycles. The molecule has 6 nitrogen and oxygen atoms in total. The molecule has 2 heterocycles. The number of nitrogens with one attached hydrogen (secondary N) is 2. The van der Waals surface area contributed by atoms with Gasteiger partial charge in [-0.15, -0.1) is 0 Å². The fraction of sp³-hybridized carbons (Fsp3) is 0.0833. The van der Waals surface area contributed by atoms with Crippen LogP contribution in [-0.4, -0.2) is 22.3 Å². The molecule has 0 radical (unpaired) electrons. The van der Waals surface area contributed by atoms with Gasteiger partial charge in [-0.05, 0) is 37.3 Å². The fourth-order valence-corrected chi connectivity index (χ4v) is 1.25. The lowest BCUT2D eigenvalue weighted by molar-refractivity contribution is 0.0950. The minimum absolute atomic E-state index is 0.305. The number of furan rings is 1. The number of hydrogen-bond donors (Lipinski definition) is 2. The standard InChI is InChI=1S/C12H12N4O2/c1-9-8-11(15-14-9)12(17)16-13-6-2-4-10-5-3-7-18-10/h2-8H,1H3,(H,14,15)(H,16,17)/b4-2+,13-6+. The third kappa shape index (κ3) is 3.18. The molecular weight excluding hydrogens is 232 g/mol. The molecule has 0 aliphatic carbocycles. The molecule has 6 heteroatoms. The number of rotatable bonds is 4. The third-order valence-electron chi connectivity index (χ3n) is 2.07. The number of carbonyl (C=O) groups is 1. The van der Waals surface area contributed by atoms with Gasteiger partial charge >= 0.3 is 0 Å². The number of allylic oxidation sites excluding steroid dienone is 1. The minimum atomic E-state index is -0.359. The van der Waals surface area contributed by atoms with Crippen LogP contribution in [0.3, 0.4) is 0 Å². The smallest absolute Gasteiger partial charge is 0.291 e. The summed E-state index contributed by atoms with van der Waals surface area (Å²) in [5, 5.41) is 10.2. The predicted octanol–water partition coefficient (Wildman–Crippen LogP) is 1.74. The van der Waals surface area contributed by atoms with Crippen LogP contribution in [0, 0.1) is 6.92 Å². The van der Waals surface area contributed by atoms with Crippen LogP contribution in [0.2, 0.25) is 0 Å². The number of H-pyrrole nitrogens is 1. The summed E-state index contributed by atoms with van der Waals surface area (Å²) in [6, 6.07) is 5.25. The van der Waals surface area contributed by atoms with Crippen LogP contribution >= 0.6 is 0 Å². The number of aryl methyl sites for hydroxylation is 1. The van der Waals surface area contributed by atoms with E-state index < -0.39 is 0 Å². The number of aromatic amines is 1. The SMILES string of the molecule is Cc1cc(C(=O)N/N=C/C=C/c2ccco2)n[nH]1. The summed E-state index contributed by atoms with van der Waals surface area (Å²) in [5.41, 5.74) is 3.48. The van der Waals surface area contributed by atoms with E-state index in [1.807, 2.05) is 13.0 Å². The van der Waals surface area contributed by atoms with Gasteiger partial charge in [0.2, 0.25) is 0 Å². The third-order valence-corrected chi connectivity index (χ3v) is 2.07. The maximum absolute atomic E-state index is 11.5. The van der Waals surface area contributed by atoms with Gasteiger partial charge < -0.3 is 4.42 Å². The van der Waals surface area contributed by atoms with E-state index in [4.69, 9.17) is 4.42 Å². The van der Waals surface area contributed by atoms with E-state index in [0.717, 1.165) is 11.5 Å². The Labute approximate surface area is 103 Å². The lowest BCUT2D eigenvalue weighted by Gasteiger charge is -1.92. The number of carbonyl (C=O) groups excluding carboxylic acids is 1. The second-order valence-electron chi connectivity index (χ2n) is 3.53. The van der Waals surface area contributed by atoms with Gasteiger partial charge in [0.15, 0.2) is 5.69 Å². The largest absolute Gasteiger partial charge is 0.465 e. The van der Waals surface area contributed by atoms with Gasteiger partial charge in [0.25, 0.3) is 5.91 Å². The van der Waals surface area contributed by atoms with Gasteiger partial charge in [0, 0.05) is 11.9 Å². The number of hydrogen-bond acceptors (Lipinski definition) is 4. The molecular formula is C12H12N4O2. The van der Waals surface area contributed by atoms with Crippen molar-refractivity contribution in [2.75, 3.05) is 0 Å². The first-order chi connectivity index (χ1) is 8.75. The Balaban J connectivity index is 1.83. The average Bonchev–Trinajstić information content (AvgIpc) is 2.99. The van der Waals surface area contributed by atoms with Gasteiger partial charge in [0.1, 0.15) is 5.76 Å². The van der Waals surface area contributed by atoms with Crippen LogP contribution < -0.4 is 5.43 Å². The van der Waals surface area contributed by atoms with Crippen LogP contribution in [0.25, 0.3) is 6.08 Å². The lowest BCUT2D eigenvalue weighted by atomic mass is 10.4. The summed E-state index contributed by atoms with van der Waals surface area (Å²) in [6.07, 6.45) is 6.43. The number of aromatic nitrogens is 2. The molecule has 0 bridgehead atoms. The van der Waals surface area contributed by atoms with Crippen LogP contribution in [-0.2, 0) is 0 Å². The van der Waals surface area contributed by atoms with E-state index >= 15 is 0 Å². The van der Waals surface area contributed by atoms with Gasteiger partial charge in [-0.3, -0.25) is 9.89 Å². The quantitative estimate of drug-likeness (QED) is 0.634. The van der Waals surface area contributed by atoms with Gasteiger partial charge in [-0.2, -0.15) is 10.2 Å². The van der Waals surface area contributed by atoms with E-state index in [-0.39, 0.29) is 5.91 Å². The topological polar surface area (TPSA) is 83.3 Å². The van der Waals surface area contributed by atoms with Crippen LogP contribution in [0.4, 0.5) is 0 Å². The van der Waals surface area contributed by atoms with E-state index in [1.54, 1.807) is 30.5 Å². The molecule has 0 atom stereocenters. The van der Waals surface area contributed by atoms with E-state index in [0.29, 0.717) is 5.69 Å². The molecule has 0 spiro atoms. The summed E-state index contributed by atoms with van der Waals surface area (Å²) in [5.74, 6) is 0.359. The van der Waals surface area contributed by atoms with Crippen LogP contribution in [0.15, 0.2) is 40.1 Å². The normalized spacial score (nSPS) is 11.4. The van der Waals surface area contributed by atoms with Gasteiger partial charge in [-0.25, -0.2) is 5.43 Å². The first-order valence-electron chi connectivity index (χ1n) is 5.31. The molecule has 0 unspecified atom stereocenters. The van der Waals surface area contributed by atoms with Crippen molar-refractivity contribution >= 4 is 18.2 Å². The highest BCUT2D eigenvalue weighted by Gasteiger charge is 2.06. The summed E-state index contributed by atoms with van der Waals surface area (Å²) >= 11 is 0. The summed E-state index contributed by atoms with van der Waals surface area (Å²) in [7, 11) is 0. The van der Waals surface area contributed by atoms with E-state index in [2.05, 4.69) is 20.7 Å². The van der Waals surface area contributed by atoms with Crippen molar-refractivity contribution in [1.29, 1.82) is 0 Å². The van der Waals surface area contributed by atoms with Crippen molar-refractivity contribution in [3.8, 4) is 0 Å². The molecule has 0 saturated heterocycles. The Morgan fingerprint density at radius 3 is 3.17 bits per heavy atom. The van der Waals surface area contributed by atoms with Crippen molar-refractivity contribution in [3.63, 3.8) is 0 Å². The highest BCUT2D eigenvalue weighted by atomic mass is 16.3. The number of nitrogens with zero attached hydrogens (tertiary/aromatic N) is 2. The maximum Gasteiger partial charge on any atom is 0.291 e. The molecule has 18 heavy (non-hydrogen) atoms. The Hall–Kier alpha value is -2.63. The maximum atomic E-state index is 11.5. The van der Waals surface area contributed by atoms with Gasteiger partial charge in [0.05, 0.1) is 6.26 Å². The molecule has 0 fully saturated rings. The molecule has 0 aliphatic rings. The van der Waals surface area contributed by atoms with E-state index in [1.165, 1.54) is 6.21 Å². The zero-order chi connectivity index (χ0) is 12.8. The molecule has 0 aliphatic heterocycles. The molecule has 92 valence electrons. The Kier molecular flexibility index (Phi) is 3.70. The zero-order valence-electron chi connectivity index (χ0n) is 9.75. The van der Waals surface area contributed by atoms with Crippen molar-refractivity contribution < 1.29 is 9.21 Å².